The van der Waals surface area contributed by atoms with Crippen LogP contribution in [0.5, 0.6) is 5.75 Å². The van der Waals surface area contributed by atoms with Gasteiger partial charge in [0.05, 0.1) is 11.5 Å². The summed E-state index contributed by atoms with van der Waals surface area (Å²) in [6, 6.07) is 12.5. The van der Waals surface area contributed by atoms with Crippen LogP contribution in [0.3, 0.4) is 0 Å². The molecule has 1 fully saturated rings. The van der Waals surface area contributed by atoms with Crippen LogP contribution in [0.4, 0.5) is 5.69 Å². The van der Waals surface area contributed by atoms with Crippen molar-refractivity contribution < 1.29 is 14.5 Å². The number of ether oxygens (including phenoxy) is 1. The summed E-state index contributed by atoms with van der Waals surface area (Å²) < 4.78 is 5.55. The van der Waals surface area contributed by atoms with E-state index in [1.54, 1.807) is 17.0 Å². The molecule has 0 atom stereocenters. The first kappa shape index (κ1) is 17.5. The molecular formula is C20H21N3O4. The molecule has 2 aromatic rings. The number of hydrogen-bond donors (Lipinski definition) is 0. The summed E-state index contributed by atoms with van der Waals surface area (Å²) in [5.41, 5.74) is 2.54. The van der Waals surface area contributed by atoms with Crippen LogP contribution in [-0.4, -0.2) is 53.4 Å². The molecule has 27 heavy (non-hydrogen) atoms. The molecule has 0 aliphatic carbocycles. The van der Waals surface area contributed by atoms with Gasteiger partial charge in [0.15, 0.2) is 0 Å². The van der Waals surface area contributed by atoms with Gasteiger partial charge in [0.1, 0.15) is 11.3 Å². The van der Waals surface area contributed by atoms with Crippen molar-refractivity contribution in [1.29, 1.82) is 0 Å². The van der Waals surface area contributed by atoms with Crippen molar-refractivity contribution in [3.8, 4) is 5.75 Å². The van der Waals surface area contributed by atoms with E-state index in [0.717, 1.165) is 38.4 Å². The Balaban J connectivity index is 1.38. The number of nitro benzene ring substituents is 1. The molecular weight excluding hydrogens is 346 g/mol. The fourth-order valence-electron chi connectivity index (χ4n) is 3.69. The Morgan fingerprint density at radius 3 is 2.67 bits per heavy atom. The predicted octanol–water partition coefficient (Wildman–Crippen LogP) is 2.49. The minimum Gasteiger partial charge on any atom is -0.493 e. The molecule has 1 amide bonds. The predicted molar refractivity (Wildman–Crippen MR) is 99.9 cm³/mol. The van der Waals surface area contributed by atoms with Crippen LogP contribution in [0.15, 0.2) is 42.5 Å². The Bertz CT molecular complexity index is 875. The van der Waals surface area contributed by atoms with E-state index >= 15 is 0 Å². The first-order valence-corrected chi connectivity index (χ1v) is 9.11. The minimum absolute atomic E-state index is 0.134. The maximum Gasteiger partial charge on any atom is 0.282 e. The molecule has 0 aromatic heterocycles. The number of hydrogen-bond acceptors (Lipinski definition) is 5. The second-order valence-electron chi connectivity index (χ2n) is 6.88. The van der Waals surface area contributed by atoms with Crippen LogP contribution >= 0.6 is 0 Å². The van der Waals surface area contributed by atoms with Crippen LogP contribution in [0.25, 0.3) is 0 Å². The molecule has 0 radical (unpaired) electrons. The van der Waals surface area contributed by atoms with Gasteiger partial charge in [-0.2, -0.15) is 0 Å². The topological polar surface area (TPSA) is 75.9 Å². The molecule has 1 saturated heterocycles. The number of rotatable bonds is 4. The van der Waals surface area contributed by atoms with Gasteiger partial charge in [-0.05, 0) is 23.3 Å². The van der Waals surface area contributed by atoms with Crippen molar-refractivity contribution in [2.75, 3.05) is 32.8 Å². The largest absolute Gasteiger partial charge is 0.493 e. The summed E-state index contributed by atoms with van der Waals surface area (Å²) in [6.07, 6.45) is 0.960. The zero-order valence-corrected chi connectivity index (χ0v) is 15.0. The molecule has 7 nitrogen and oxygen atoms in total. The van der Waals surface area contributed by atoms with Crippen LogP contribution in [0, 0.1) is 10.1 Å². The van der Waals surface area contributed by atoms with E-state index in [9.17, 15) is 14.9 Å². The third-order valence-corrected chi connectivity index (χ3v) is 5.15. The Hall–Kier alpha value is -2.93. The number of piperazine rings is 1. The van der Waals surface area contributed by atoms with Gasteiger partial charge in [-0.15, -0.1) is 0 Å². The van der Waals surface area contributed by atoms with Crippen molar-refractivity contribution in [3.05, 3.63) is 69.3 Å². The van der Waals surface area contributed by atoms with Crippen LogP contribution in [-0.2, 0) is 13.0 Å². The highest BCUT2D eigenvalue weighted by Crippen LogP contribution is 2.26. The fraction of sp³-hybridized carbons (Fsp3) is 0.350. The van der Waals surface area contributed by atoms with Crippen LogP contribution in [0.2, 0.25) is 0 Å². The molecule has 7 heteroatoms. The number of amides is 1. The number of para-hydroxylation sites is 1. The van der Waals surface area contributed by atoms with Gasteiger partial charge >= 0.3 is 0 Å². The Kier molecular flexibility index (Phi) is 4.77. The number of benzene rings is 2. The van der Waals surface area contributed by atoms with Crippen molar-refractivity contribution in [3.63, 3.8) is 0 Å². The van der Waals surface area contributed by atoms with Crippen molar-refractivity contribution in [1.82, 2.24) is 9.80 Å². The Morgan fingerprint density at radius 2 is 1.89 bits per heavy atom. The van der Waals surface area contributed by atoms with Gasteiger partial charge < -0.3 is 9.64 Å². The lowest BCUT2D eigenvalue weighted by molar-refractivity contribution is -0.385. The molecule has 0 spiro atoms. The highest BCUT2D eigenvalue weighted by Gasteiger charge is 2.27. The summed E-state index contributed by atoms with van der Waals surface area (Å²) in [6.45, 7) is 4.23. The van der Waals surface area contributed by atoms with E-state index in [0.29, 0.717) is 13.1 Å². The first-order valence-electron chi connectivity index (χ1n) is 9.11. The minimum atomic E-state index is -0.499. The third-order valence-electron chi connectivity index (χ3n) is 5.15. The van der Waals surface area contributed by atoms with Crippen molar-refractivity contribution in [2.24, 2.45) is 0 Å². The molecule has 2 aromatic carbocycles. The maximum absolute atomic E-state index is 12.7. The lowest BCUT2D eigenvalue weighted by Gasteiger charge is -2.34. The molecule has 4 rings (SSSR count). The SMILES string of the molecule is O=C(c1ccccc1[N+](=O)[O-])N1CCN(Cc2ccc3c(c2)CCO3)CC1. The highest BCUT2D eigenvalue weighted by atomic mass is 16.6. The van der Waals surface area contributed by atoms with Crippen LogP contribution in [0.1, 0.15) is 21.5 Å². The molecule has 0 saturated carbocycles. The van der Waals surface area contributed by atoms with Gasteiger partial charge in [-0.1, -0.05) is 24.3 Å². The summed E-state index contributed by atoms with van der Waals surface area (Å²) in [5.74, 6) is 0.718. The third kappa shape index (κ3) is 3.64. The second-order valence-corrected chi connectivity index (χ2v) is 6.88. The molecule has 2 aliphatic heterocycles. The quantitative estimate of drug-likeness (QED) is 0.613. The molecule has 140 valence electrons. The van der Waals surface area contributed by atoms with E-state index in [4.69, 9.17) is 4.74 Å². The average Bonchev–Trinajstić information content (AvgIpc) is 3.16. The highest BCUT2D eigenvalue weighted by molar-refractivity contribution is 5.98. The number of nitro groups is 1. The molecule has 2 heterocycles. The van der Waals surface area contributed by atoms with E-state index in [1.165, 1.54) is 23.3 Å². The molecule has 0 unspecified atom stereocenters. The zero-order chi connectivity index (χ0) is 18.8. The van der Waals surface area contributed by atoms with E-state index < -0.39 is 4.92 Å². The molecule has 0 N–H and O–H groups in total. The lowest BCUT2D eigenvalue weighted by Crippen LogP contribution is -2.48. The first-order chi connectivity index (χ1) is 13.1. The Morgan fingerprint density at radius 1 is 1.11 bits per heavy atom. The summed E-state index contributed by atoms with van der Waals surface area (Å²) >= 11 is 0. The van der Waals surface area contributed by atoms with E-state index in [1.807, 2.05) is 6.07 Å². The fourth-order valence-corrected chi connectivity index (χ4v) is 3.69. The smallest absolute Gasteiger partial charge is 0.282 e. The number of nitrogens with zero attached hydrogens (tertiary/aromatic N) is 3. The maximum atomic E-state index is 12.7. The van der Waals surface area contributed by atoms with Gasteiger partial charge in [0, 0.05) is 45.2 Å². The normalized spacial score (nSPS) is 16.7. The van der Waals surface area contributed by atoms with Crippen molar-refractivity contribution >= 4 is 11.6 Å². The van der Waals surface area contributed by atoms with E-state index in [-0.39, 0.29) is 17.2 Å². The lowest BCUT2D eigenvalue weighted by atomic mass is 10.1. The molecule has 2 aliphatic rings. The summed E-state index contributed by atoms with van der Waals surface area (Å²) in [7, 11) is 0. The number of carbonyl (C=O) groups is 1. The standard InChI is InChI=1S/C20H21N3O4/c24-20(17-3-1-2-4-18(17)23(25)26)22-10-8-21(9-11-22)14-15-5-6-19-16(13-15)7-12-27-19/h1-6,13H,7-12,14H2. The second kappa shape index (κ2) is 7.36. The number of fused-ring (bicyclic) bond motifs is 1. The Labute approximate surface area is 157 Å². The van der Waals surface area contributed by atoms with Gasteiger partial charge in [-0.3, -0.25) is 19.8 Å². The van der Waals surface area contributed by atoms with Crippen LogP contribution < -0.4 is 4.74 Å². The summed E-state index contributed by atoms with van der Waals surface area (Å²) in [4.78, 5) is 27.4. The molecule has 0 bridgehead atoms. The van der Waals surface area contributed by atoms with Crippen molar-refractivity contribution in [2.45, 2.75) is 13.0 Å². The monoisotopic (exact) mass is 367 g/mol. The number of carbonyl (C=O) groups excluding carboxylic acids is 1. The van der Waals surface area contributed by atoms with E-state index in [2.05, 4.69) is 17.0 Å². The average molecular weight is 367 g/mol. The zero-order valence-electron chi connectivity index (χ0n) is 15.0. The van der Waals surface area contributed by atoms with Gasteiger partial charge in [-0.25, -0.2) is 0 Å². The van der Waals surface area contributed by atoms with Gasteiger partial charge in [0.2, 0.25) is 0 Å². The summed E-state index contributed by atoms with van der Waals surface area (Å²) in [5, 5.41) is 11.2. The van der Waals surface area contributed by atoms with Gasteiger partial charge in [0.25, 0.3) is 11.6 Å².